The van der Waals surface area contributed by atoms with Crippen molar-refractivity contribution in [3.05, 3.63) is 71.9 Å². The van der Waals surface area contributed by atoms with Crippen molar-refractivity contribution in [2.45, 2.75) is 12.7 Å². The Hall–Kier alpha value is -2.76. The maximum absolute atomic E-state index is 12.9. The van der Waals surface area contributed by atoms with E-state index in [9.17, 15) is 18.0 Å². The molecule has 3 rings (SSSR count). The van der Waals surface area contributed by atoms with E-state index in [1.54, 1.807) is 54.6 Å². The average molecular weight is 332 g/mol. The summed E-state index contributed by atoms with van der Waals surface area (Å²) in [5.41, 5.74) is 1.60. The monoisotopic (exact) mass is 332 g/mol. The van der Waals surface area contributed by atoms with Crippen molar-refractivity contribution in [3.63, 3.8) is 0 Å². The molecule has 0 aliphatic heterocycles. The van der Waals surface area contributed by atoms with E-state index in [1.807, 2.05) is 0 Å². The molecule has 1 heterocycles. The Morgan fingerprint density at radius 2 is 1.67 bits per heavy atom. The van der Waals surface area contributed by atoms with Crippen molar-refractivity contribution in [2.24, 2.45) is 0 Å². The van der Waals surface area contributed by atoms with Gasteiger partial charge in [0.05, 0.1) is 5.56 Å². The zero-order chi connectivity index (χ0) is 17.2. The highest BCUT2D eigenvalue weighted by atomic mass is 19.4. The van der Waals surface area contributed by atoms with Crippen LogP contribution in [-0.2, 0) is 6.54 Å². The molecule has 3 aromatic rings. The van der Waals surface area contributed by atoms with E-state index in [0.717, 1.165) is 4.90 Å². The van der Waals surface area contributed by atoms with Crippen LogP contribution in [0.4, 0.5) is 13.2 Å². The van der Waals surface area contributed by atoms with Gasteiger partial charge in [-0.25, -0.2) is 0 Å². The largest absolute Gasteiger partial charge is 0.406 e. The Morgan fingerprint density at radius 3 is 2.38 bits per heavy atom. The second-order valence-corrected chi connectivity index (χ2v) is 5.51. The van der Waals surface area contributed by atoms with Gasteiger partial charge in [0.1, 0.15) is 6.54 Å². The quantitative estimate of drug-likeness (QED) is 0.756. The van der Waals surface area contributed by atoms with Gasteiger partial charge < -0.3 is 9.88 Å². The molecule has 1 amide bonds. The van der Waals surface area contributed by atoms with Gasteiger partial charge in [0, 0.05) is 23.6 Å². The predicted molar refractivity (Wildman–Crippen MR) is 85.5 cm³/mol. The van der Waals surface area contributed by atoms with Gasteiger partial charge in [-0.3, -0.25) is 4.79 Å². The maximum Gasteiger partial charge on any atom is 0.406 e. The van der Waals surface area contributed by atoms with E-state index < -0.39 is 18.6 Å². The molecule has 0 bridgehead atoms. The minimum Gasteiger partial charge on any atom is -0.360 e. The number of aromatic nitrogens is 1. The highest BCUT2D eigenvalue weighted by molar-refractivity contribution is 6.06. The first-order chi connectivity index (χ1) is 11.4. The number of carbonyl (C=O) groups excluding carboxylic acids is 1. The third kappa shape index (κ3) is 3.59. The van der Waals surface area contributed by atoms with Gasteiger partial charge in [0.2, 0.25) is 0 Å². The molecule has 0 radical (unpaired) electrons. The molecule has 0 spiro atoms. The molecule has 3 nitrogen and oxygen atoms in total. The highest BCUT2D eigenvalue weighted by Crippen LogP contribution is 2.23. The number of nitrogens with one attached hydrogen (secondary N) is 1. The molecule has 1 N–H and O–H groups in total. The Kier molecular flexibility index (Phi) is 4.29. The fraction of sp³-hybridized carbons (Fsp3) is 0.167. The Bertz CT molecular complexity index is 840. The van der Waals surface area contributed by atoms with Crippen LogP contribution in [-0.4, -0.2) is 28.5 Å². The van der Waals surface area contributed by atoms with Crippen LogP contribution in [0.3, 0.4) is 0 Å². The average Bonchev–Trinajstić information content (AvgIpc) is 2.97. The van der Waals surface area contributed by atoms with E-state index in [-0.39, 0.29) is 12.1 Å². The number of benzene rings is 2. The molecule has 1 aromatic heterocycles. The lowest BCUT2D eigenvalue weighted by Crippen LogP contribution is -2.38. The number of rotatable bonds is 4. The van der Waals surface area contributed by atoms with Crippen molar-refractivity contribution in [3.8, 4) is 0 Å². The number of amides is 1. The van der Waals surface area contributed by atoms with Crippen LogP contribution >= 0.6 is 0 Å². The number of H-pyrrole nitrogens is 1. The number of nitrogens with zero attached hydrogens (tertiary/aromatic N) is 1. The summed E-state index contributed by atoms with van der Waals surface area (Å²) in [6.07, 6.45) is -3.00. The van der Waals surface area contributed by atoms with E-state index in [1.165, 1.54) is 6.20 Å². The first-order valence-corrected chi connectivity index (χ1v) is 7.40. The number of para-hydroxylation sites is 1. The van der Waals surface area contributed by atoms with Crippen molar-refractivity contribution in [2.75, 3.05) is 6.54 Å². The topological polar surface area (TPSA) is 36.1 Å². The molecule has 0 aliphatic carbocycles. The highest BCUT2D eigenvalue weighted by Gasteiger charge is 2.34. The first-order valence-electron chi connectivity index (χ1n) is 7.40. The lowest BCUT2D eigenvalue weighted by Gasteiger charge is -2.24. The maximum atomic E-state index is 12.9. The molecular formula is C18H15F3N2O. The van der Waals surface area contributed by atoms with E-state index in [2.05, 4.69) is 4.98 Å². The summed E-state index contributed by atoms with van der Waals surface area (Å²) in [6, 6.07) is 15.7. The van der Waals surface area contributed by atoms with E-state index in [4.69, 9.17) is 0 Å². The van der Waals surface area contributed by atoms with Gasteiger partial charge >= 0.3 is 6.18 Å². The number of carbonyl (C=O) groups is 1. The van der Waals surface area contributed by atoms with Crippen LogP contribution in [0.5, 0.6) is 0 Å². The van der Waals surface area contributed by atoms with Crippen molar-refractivity contribution in [1.82, 2.24) is 9.88 Å². The zero-order valence-electron chi connectivity index (χ0n) is 12.7. The summed E-state index contributed by atoms with van der Waals surface area (Å²) < 4.78 is 38.8. The van der Waals surface area contributed by atoms with Crippen LogP contribution in [0.1, 0.15) is 15.9 Å². The minimum absolute atomic E-state index is 0.0985. The van der Waals surface area contributed by atoms with Crippen molar-refractivity contribution in [1.29, 1.82) is 0 Å². The third-order valence-corrected chi connectivity index (χ3v) is 3.69. The standard InChI is InChI=1S/C18H15F3N2O/c19-18(20,21)12-23(11-13-6-2-1-3-7-13)17(24)15-10-22-16-9-5-4-8-14(15)16/h1-10,22H,11-12H2. The summed E-state index contributed by atoms with van der Waals surface area (Å²) in [7, 11) is 0. The third-order valence-electron chi connectivity index (χ3n) is 3.69. The summed E-state index contributed by atoms with van der Waals surface area (Å²) in [6.45, 7) is -1.39. The van der Waals surface area contributed by atoms with E-state index >= 15 is 0 Å². The van der Waals surface area contributed by atoms with Crippen molar-refractivity contribution < 1.29 is 18.0 Å². The van der Waals surface area contributed by atoms with E-state index in [0.29, 0.717) is 16.5 Å². The Morgan fingerprint density at radius 1 is 1.00 bits per heavy atom. The van der Waals surface area contributed by atoms with Gasteiger partial charge in [-0.1, -0.05) is 48.5 Å². The molecule has 24 heavy (non-hydrogen) atoms. The van der Waals surface area contributed by atoms with Crippen LogP contribution in [0, 0.1) is 0 Å². The number of aromatic amines is 1. The van der Waals surface area contributed by atoms with Gasteiger partial charge in [0.25, 0.3) is 5.91 Å². The predicted octanol–water partition coefficient (Wildman–Crippen LogP) is 4.37. The lowest BCUT2D eigenvalue weighted by molar-refractivity contribution is -0.141. The minimum atomic E-state index is -4.46. The number of halogens is 3. The molecule has 6 heteroatoms. The fourth-order valence-corrected chi connectivity index (χ4v) is 2.64. The first kappa shape index (κ1) is 16.1. The SMILES string of the molecule is O=C(c1c[nH]c2ccccc12)N(Cc1ccccc1)CC(F)(F)F. The Labute approximate surface area is 136 Å². The number of hydrogen-bond acceptors (Lipinski definition) is 1. The van der Waals surface area contributed by atoms with Crippen LogP contribution in [0.15, 0.2) is 60.8 Å². The summed E-state index contributed by atoms with van der Waals surface area (Å²) in [4.78, 5) is 16.5. The van der Waals surface area contributed by atoms with Crippen LogP contribution in [0.2, 0.25) is 0 Å². The molecule has 124 valence electrons. The molecule has 0 fully saturated rings. The summed E-state index contributed by atoms with van der Waals surface area (Å²) >= 11 is 0. The zero-order valence-corrected chi connectivity index (χ0v) is 12.7. The molecule has 2 aromatic carbocycles. The normalized spacial score (nSPS) is 11.6. The molecule has 0 unspecified atom stereocenters. The summed E-state index contributed by atoms with van der Waals surface area (Å²) in [5, 5.41) is 0.614. The summed E-state index contributed by atoms with van der Waals surface area (Å²) in [5.74, 6) is -0.645. The second kappa shape index (κ2) is 6.39. The molecule has 0 aliphatic rings. The van der Waals surface area contributed by atoms with Crippen LogP contribution in [0.25, 0.3) is 10.9 Å². The van der Waals surface area contributed by atoms with Crippen LogP contribution < -0.4 is 0 Å². The number of fused-ring (bicyclic) bond motifs is 1. The molecule has 0 saturated heterocycles. The van der Waals surface area contributed by atoms with Gasteiger partial charge in [-0.05, 0) is 11.6 Å². The van der Waals surface area contributed by atoms with Crippen molar-refractivity contribution >= 4 is 16.8 Å². The fourth-order valence-electron chi connectivity index (χ4n) is 2.64. The molecule has 0 saturated carbocycles. The number of hydrogen-bond donors (Lipinski definition) is 1. The second-order valence-electron chi connectivity index (χ2n) is 5.51. The number of alkyl halides is 3. The molecule has 0 atom stereocenters. The van der Waals surface area contributed by atoms with Gasteiger partial charge in [-0.15, -0.1) is 0 Å². The smallest absolute Gasteiger partial charge is 0.360 e. The Balaban J connectivity index is 1.93. The lowest BCUT2D eigenvalue weighted by atomic mass is 10.1. The van der Waals surface area contributed by atoms with Gasteiger partial charge in [0.15, 0.2) is 0 Å². The van der Waals surface area contributed by atoms with Gasteiger partial charge in [-0.2, -0.15) is 13.2 Å². The molecular weight excluding hydrogens is 317 g/mol.